The largest absolute Gasteiger partial charge is 0.494 e. The summed E-state index contributed by atoms with van der Waals surface area (Å²) in [4.78, 5) is 4.08. The van der Waals surface area contributed by atoms with Gasteiger partial charge in [0, 0.05) is 23.5 Å². The van der Waals surface area contributed by atoms with E-state index in [0.29, 0.717) is 5.56 Å². The number of nitrogens with one attached hydrogen (secondary N) is 2. The first kappa shape index (κ1) is 22.9. The molecule has 0 radical (unpaired) electrons. The van der Waals surface area contributed by atoms with Crippen LogP contribution in [0, 0.1) is 11.6 Å². The Balaban J connectivity index is 0.000000509. The topological polar surface area (TPSA) is 156 Å². The maximum Gasteiger partial charge on any atom is 0.202 e. The average Bonchev–Trinajstić information content (AvgIpc) is 3.54. The number of amidine groups is 1. The zero-order valence-electron chi connectivity index (χ0n) is 17.5. The number of hydrazine groups is 1. The molecule has 1 aromatic carbocycles. The number of aromatic amines is 1. The summed E-state index contributed by atoms with van der Waals surface area (Å²) in [5, 5.41) is 14.1. The molecule has 2 aromatic heterocycles. The van der Waals surface area contributed by atoms with Crippen LogP contribution in [-0.2, 0) is 0 Å². The van der Waals surface area contributed by atoms with E-state index < -0.39 is 11.6 Å². The summed E-state index contributed by atoms with van der Waals surface area (Å²) in [5.74, 6) is 8.65. The predicted molar refractivity (Wildman–Crippen MR) is 119 cm³/mol. The number of halogens is 2. The first-order valence-corrected chi connectivity index (χ1v) is 9.78. The van der Waals surface area contributed by atoms with Crippen molar-refractivity contribution in [2.24, 2.45) is 16.8 Å². The zero-order valence-corrected chi connectivity index (χ0v) is 17.5. The highest BCUT2D eigenvalue weighted by molar-refractivity contribution is 6.12. The van der Waals surface area contributed by atoms with Crippen molar-refractivity contribution in [3.8, 4) is 16.9 Å². The number of H-pyrrole nitrogens is 1. The predicted octanol–water partition coefficient (Wildman–Crippen LogP) is 1.71. The second-order valence-electron chi connectivity index (χ2n) is 6.84. The third kappa shape index (κ3) is 4.92. The summed E-state index contributed by atoms with van der Waals surface area (Å²) in [6.45, 7) is 2.50. The second-order valence-corrected chi connectivity index (χ2v) is 6.84. The summed E-state index contributed by atoms with van der Waals surface area (Å²) in [6, 6.07) is 4.06. The molecule has 3 heterocycles. The van der Waals surface area contributed by atoms with E-state index in [1.165, 1.54) is 51.4 Å². The zero-order chi connectivity index (χ0) is 23.1. The molecule has 1 saturated heterocycles. The van der Waals surface area contributed by atoms with Gasteiger partial charge in [-0.2, -0.15) is 14.6 Å². The summed E-state index contributed by atoms with van der Waals surface area (Å²) < 4.78 is 33.1. The van der Waals surface area contributed by atoms with Crippen LogP contribution in [0.15, 0.2) is 41.9 Å². The number of hydrogen-bond acceptors (Lipinski definition) is 8. The minimum Gasteiger partial charge on any atom is -0.494 e. The SMILES string of the molecule is C1CCNC1.COc1ccc(N(N)/C(=N\N)c2cc(-c3cn[nH]c3)cnc2N)c(F)c1F. The van der Waals surface area contributed by atoms with Crippen molar-refractivity contribution in [2.75, 3.05) is 30.9 Å². The number of anilines is 2. The van der Waals surface area contributed by atoms with Crippen LogP contribution in [0.5, 0.6) is 5.75 Å². The van der Waals surface area contributed by atoms with Gasteiger partial charge in [-0.15, -0.1) is 0 Å². The van der Waals surface area contributed by atoms with E-state index in [4.69, 9.17) is 22.2 Å². The van der Waals surface area contributed by atoms with E-state index in [-0.39, 0.29) is 28.7 Å². The maximum absolute atomic E-state index is 14.4. The highest BCUT2D eigenvalue weighted by atomic mass is 19.2. The molecule has 0 spiro atoms. The Labute approximate surface area is 183 Å². The molecule has 170 valence electrons. The van der Waals surface area contributed by atoms with Gasteiger partial charge < -0.3 is 21.6 Å². The van der Waals surface area contributed by atoms with Crippen LogP contribution < -0.4 is 32.5 Å². The third-order valence-electron chi connectivity index (χ3n) is 4.80. The lowest BCUT2D eigenvalue weighted by atomic mass is 10.1. The van der Waals surface area contributed by atoms with E-state index >= 15 is 0 Å². The van der Waals surface area contributed by atoms with Gasteiger partial charge in [0.2, 0.25) is 5.82 Å². The smallest absolute Gasteiger partial charge is 0.202 e. The molecule has 10 nitrogen and oxygen atoms in total. The second kappa shape index (κ2) is 10.5. The molecule has 1 fully saturated rings. The minimum absolute atomic E-state index is 0.0521. The summed E-state index contributed by atoms with van der Waals surface area (Å²) >= 11 is 0. The number of hydrogen-bond donors (Lipinski definition) is 5. The molecule has 3 aromatic rings. The highest BCUT2D eigenvalue weighted by Crippen LogP contribution is 2.29. The maximum atomic E-state index is 14.4. The molecule has 0 atom stereocenters. The van der Waals surface area contributed by atoms with Crippen molar-refractivity contribution in [2.45, 2.75) is 12.8 Å². The fraction of sp³-hybridized carbons (Fsp3) is 0.250. The molecule has 8 N–H and O–H groups in total. The normalized spacial score (nSPS) is 13.4. The van der Waals surface area contributed by atoms with Gasteiger partial charge in [0.1, 0.15) is 5.82 Å². The van der Waals surface area contributed by atoms with Gasteiger partial charge in [-0.3, -0.25) is 10.1 Å². The van der Waals surface area contributed by atoms with Gasteiger partial charge >= 0.3 is 0 Å². The van der Waals surface area contributed by atoms with Crippen LogP contribution >= 0.6 is 0 Å². The number of nitrogen functional groups attached to an aromatic ring is 1. The number of pyridine rings is 1. The van der Waals surface area contributed by atoms with Crippen LogP contribution in [0.2, 0.25) is 0 Å². The van der Waals surface area contributed by atoms with Crippen LogP contribution in [0.1, 0.15) is 18.4 Å². The summed E-state index contributed by atoms with van der Waals surface area (Å²) in [7, 11) is 1.22. The Morgan fingerprint density at radius 1 is 1.16 bits per heavy atom. The number of benzene rings is 1. The van der Waals surface area contributed by atoms with Crippen molar-refractivity contribution in [3.05, 3.63) is 54.0 Å². The third-order valence-corrected chi connectivity index (χ3v) is 4.80. The van der Waals surface area contributed by atoms with Gasteiger partial charge in [-0.05, 0) is 44.1 Å². The Morgan fingerprint density at radius 3 is 2.47 bits per heavy atom. The van der Waals surface area contributed by atoms with Gasteiger partial charge in [0.15, 0.2) is 17.4 Å². The van der Waals surface area contributed by atoms with Crippen molar-refractivity contribution in [3.63, 3.8) is 0 Å². The Morgan fingerprint density at radius 2 is 1.91 bits per heavy atom. The van der Waals surface area contributed by atoms with Gasteiger partial charge in [-0.1, -0.05) is 0 Å². The average molecular weight is 445 g/mol. The molecule has 1 aliphatic rings. The first-order valence-electron chi connectivity index (χ1n) is 9.78. The molecule has 0 amide bonds. The monoisotopic (exact) mass is 445 g/mol. The Kier molecular flexibility index (Phi) is 7.52. The quantitative estimate of drug-likeness (QED) is 0.176. The lowest BCUT2D eigenvalue weighted by Crippen LogP contribution is -2.40. The van der Waals surface area contributed by atoms with Crippen LogP contribution in [0.4, 0.5) is 20.3 Å². The molecule has 4 rings (SSSR count). The van der Waals surface area contributed by atoms with Gasteiger partial charge in [0.05, 0.1) is 24.6 Å². The minimum atomic E-state index is -1.23. The number of rotatable bonds is 4. The molecule has 0 bridgehead atoms. The van der Waals surface area contributed by atoms with Crippen molar-refractivity contribution < 1.29 is 13.5 Å². The van der Waals surface area contributed by atoms with Crippen LogP contribution in [0.25, 0.3) is 11.1 Å². The number of nitrogens with zero attached hydrogens (tertiary/aromatic N) is 4. The first-order chi connectivity index (χ1) is 15.5. The molecule has 12 heteroatoms. The number of methoxy groups -OCH3 is 1. The van der Waals surface area contributed by atoms with E-state index in [9.17, 15) is 8.78 Å². The molecule has 32 heavy (non-hydrogen) atoms. The summed E-state index contributed by atoms with van der Waals surface area (Å²) in [5.41, 5.74) is 7.19. The molecular weight excluding hydrogens is 420 g/mol. The molecule has 0 unspecified atom stereocenters. The van der Waals surface area contributed by atoms with Gasteiger partial charge in [0.25, 0.3) is 0 Å². The molecule has 1 aliphatic heterocycles. The fourth-order valence-corrected chi connectivity index (χ4v) is 3.09. The Hall–Kier alpha value is -3.77. The number of ether oxygens (including phenoxy) is 1. The van der Waals surface area contributed by atoms with E-state index in [1.54, 1.807) is 18.5 Å². The molecule has 0 saturated carbocycles. The molecule has 0 aliphatic carbocycles. The highest BCUT2D eigenvalue weighted by Gasteiger charge is 2.23. The van der Waals surface area contributed by atoms with Crippen molar-refractivity contribution in [1.29, 1.82) is 0 Å². The summed E-state index contributed by atoms with van der Waals surface area (Å²) in [6.07, 6.45) is 7.52. The number of nitrogens with two attached hydrogens (primary N) is 3. The number of hydrazone groups is 1. The van der Waals surface area contributed by atoms with Gasteiger partial charge in [-0.25, -0.2) is 15.2 Å². The van der Waals surface area contributed by atoms with Crippen LogP contribution in [0.3, 0.4) is 0 Å². The van der Waals surface area contributed by atoms with Crippen LogP contribution in [-0.4, -0.2) is 41.2 Å². The fourth-order valence-electron chi connectivity index (χ4n) is 3.09. The van der Waals surface area contributed by atoms with E-state index in [2.05, 4.69) is 25.6 Å². The van der Waals surface area contributed by atoms with Crippen molar-refractivity contribution in [1.82, 2.24) is 20.5 Å². The molecular formula is C20H25F2N9O. The lowest BCUT2D eigenvalue weighted by Gasteiger charge is -2.22. The van der Waals surface area contributed by atoms with Crippen molar-refractivity contribution >= 4 is 17.3 Å². The standard InChI is InChI=1S/C16H16F2N8O.C4H9N/c1-27-12-3-2-11(13(17)14(12)18)26(21)16(25-20)10-4-8(5-22-15(10)19)9-6-23-24-7-9;1-2-4-5-3-1/h2-7H,20-21H2,1H3,(H2,19,22)(H,23,24);5H,1-4H2/b25-16-;. The van der Waals surface area contributed by atoms with E-state index in [0.717, 1.165) is 10.6 Å². The number of aromatic nitrogens is 3. The van der Waals surface area contributed by atoms with E-state index in [1.807, 2.05) is 0 Å². The lowest BCUT2D eigenvalue weighted by molar-refractivity contribution is 0.372. The Bertz CT molecular complexity index is 1060.